The summed E-state index contributed by atoms with van der Waals surface area (Å²) in [5.74, 6) is 0.256. The molecule has 0 fully saturated rings. The van der Waals surface area contributed by atoms with Gasteiger partial charge in [0.2, 0.25) is 5.75 Å². The van der Waals surface area contributed by atoms with E-state index in [0.29, 0.717) is 11.1 Å². The van der Waals surface area contributed by atoms with Crippen molar-refractivity contribution in [1.29, 1.82) is 0 Å². The van der Waals surface area contributed by atoms with E-state index in [9.17, 15) is 10.1 Å². The summed E-state index contributed by atoms with van der Waals surface area (Å²) in [6.45, 7) is 0.292. The largest absolute Gasteiger partial charge is 0.481 e. The zero-order valence-electron chi connectivity index (χ0n) is 9.68. The molecule has 0 aromatic heterocycles. The molecule has 0 N–H and O–H groups in total. The zero-order valence-corrected chi connectivity index (χ0v) is 13.4. The van der Waals surface area contributed by atoms with Crippen LogP contribution in [0.2, 0.25) is 0 Å². The number of ether oxygens (including phenoxy) is 1. The number of nitro groups is 1. The molecule has 2 aromatic rings. The van der Waals surface area contributed by atoms with Crippen molar-refractivity contribution in [3.63, 3.8) is 0 Å². The molecular weight excluding hydrogens is 425 g/mol. The third-order valence-electron chi connectivity index (χ3n) is 2.44. The van der Waals surface area contributed by atoms with Crippen LogP contribution in [-0.4, -0.2) is 4.92 Å². The lowest BCUT2D eigenvalue weighted by atomic mass is 10.2. The number of halogens is 2. The van der Waals surface area contributed by atoms with Gasteiger partial charge in [-0.05, 0) is 62.3 Å². The van der Waals surface area contributed by atoms with Gasteiger partial charge in [0.15, 0.2) is 0 Å². The summed E-state index contributed by atoms with van der Waals surface area (Å²) in [6.07, 6.45) is 0. The number of hydrogen-bond acceptors (Lipinski definition) is 3. The molecule has 0 saturated heterocycles. The van der Waals surface area contributed by atoms with Crippen LogP contribution in [0.5, 0.6) is 5.75 Å². The summed E-state index contributed by atoms with van der Waals surface area (Å²) in [5, 5.41) is 10.9. The fourth-order valence-electron chi connectivity index (χ4n) is 1.52. The van der Waals surface area contributed by atoms with Crippen LogP contribution in [0.25, 0.3) is 0 Å². The van der Waals surface area contributed by atoms with E-state index >= 15 is 0 Å². The molecule has 0 radical (unpaired) electrons. The Hall–Kier alpha value is -1.15. The van der Waals surface area contributed by atoms with Gasteiger partial charge in [-0.1, -0.05) is 18.2 Å². The number of nitro benzene ring substituents is 1. The molecule has 0 atom stereocenters. The molecule has 19 heavy (non-hydrogen) atoms. The maximum atomic E-state index is 10.9. The number of para-hydroxylation sites is 1. The molecule has 6 heteroatoms. The standard InChI is InChI=1S/C13H9BrINO3/c14-11-2-1-3-12(16(17)18)13(11)19-8-9-4-6-10(15)7-5-9/h1-7H,8H2. The van der Waals surface area contributed by atoms with Crippen molar-refractivity contribution in [2.45, 2.75) is 6.61 Å². The van der Waals surface area contributed by atoms with Gasteiger partial charge in [0.25, 0.3) is 0 Å². The van der Waals surface area contributed by atoms with Crippen molar-refractivity contribution < 1.29 is 9.66 Å². The lowest BCUT2D eigenvalue weighted by Crippen LogP contribution is -1.99. The lowest BCUT2D eigenvalue weighted by Gasteiger charge is -2.08. The number of benzene rings is 2. The molecule has 0 heterocycles. The molecule has 0 aliphatic carbocycles. The van der Waals surface area contributed by atoms with Gasteiger partial charge in [0.05, 0.1) is 9.40 Å². The number of rotatable bonds is 4. The van der Waals surface area contributed by atoms with Crippen LogP contribution in [-0.2, 0) is 6.61 Å². The van der Waals surface area contributed by atoms with E-state index in [1.54, 1.807) is 12.1 Å². The molecule has 0 aliphatic heterocycles. The normalized spacial score (nSPS) is 10.2. The highest BCUT2D eigenvalue weighted by molar-refractivity contribution is 14.1. The molecule has 0 amide bonds. The molecular formula is C13H9BrINO3. The average Bonchev–Trinajstić information content (AvgIpc) is 2.39. The van der Waals surface area contributed by atoms with Crippen LogP contribution in [0.4, 0.5) is 5.69 Å². The Morgan fingerprint density at radius 2 is 1.89 bits per heavy atom. The van der Waals surface area contributed by atoms with Gasteiger partial charge >= 0.3 is 5.69 Å². The Morgan fingerprint density at radius 1 is 1.21 bits per heavy atom. The van der Waals surface area contributed by atoms with Gasteiger partial charge in [-0.3, -0.25) is 10.1 Å². The first-order valence-corrected chi connectivity index (χ1v) is 7.25. The van der Waals surface area contributed by atoms with Crippen LogP contribution in [0.15, 0.2) is 46.9 Å². The van der Waals surface area contributed by atoms with Crippen LogP contribution >= 0.6 is 38.5 Å². The van der Waals surface area contributed by atoms with Crippen molar-refractivity contribution in [3.8, 4) is 5.75 Å². The molecule has 2 rings (SSSR count). The van der Waals surface area contributed by atoms with Crippen molar-refractivity contribution in [3.05, 3.63) is 66.2 Å². The average molecular weight is 434 g/mol. The highest BCUT2D eigenvalue weighted by Crippen LogP contribution is 2.35. The van der Waals surface area contributed by atoms with Gasteiger partial charge < -0.3 is 4.74 Å². The Labute approximate surface area is 132 Å². The van der Waals surface area contributed by atoms with Gasteiger partial charge in [-0.25, -0.2) is 0 Å². The van der Waals surface area contributed by atoms with Crippen LogP contribution < -0.4 is 4.74 Å². The van der Waals surface area contributed by atoms with Crippen molar-refractivity contribution in [2.75, 3.05) is 0 Å². The third kappa shape index (κ3) is 3.66. The fraction of sp³-hybridized carbons (Fsp3) is 0.0769. The van der Waals surface area contributed by atoms with Crippen molar-refractivity contribution in [1.82, 2.24) is 0 Å². The van der Waals surface area contributed by atoms with E-state index in [1.165, 1.54) is 6.07 Å². The Balaban J connectivity index is 2.19. The predicted octanol–water partition coefficient (Wildman–Crippen LogP) is 4.54. The van der Waals surface area contributed by atoms with Crippen LogP contribution in [0.3, 0.4) is 0 Å². The first-order chi connectivity index (χ1) is 9.08. The second-order valence-corrected chi connectivity index (χ2v) is 5.86. The van der Waals surface area contributed by atoms with E-state index in [2.05, 4.69) is 38.5 Å². The van der Waals surface area contributed by atoms with E-state index in [4.69, 9.17) is 4.74 Å². The molecule has 0 bridgehead atoms. The monoisotopic (exact) mass is 433 g/mol. The minimum atomic E-state index is -0.450. The first-order valence-electron chi connectivity index (χ1n) is 5.38. The number of nitrogens with zero attached hydrogens (tertiary/aromatic N) is 1. The molecule has 0 unspecified atom stereocenters. The predicted molar refractivity (Wildman–Crippen MR) is 84.3 cm³/mol. The Kier molecular flexibility index (Phi) is 4.76. The van der Waals surface area contributed by atoms with Crippen molar-refractivity contribution in [2.24, 2.45) is 0 Å². The highest BCUT2D eigenvalue weighted by atomic mass is 127. The van der Waals surface area contributed by atoms with Crippen LogP contribution in [0, 0.1) is 13.7 Å². The molecule has 2 aromatic carbocycles. The quantitative estimate of drug-likeness (QED) is 0.404. The minimum Gasteiger partial charge on any atom is -0.481 e. The van der Waals surface area contributed by atoms with Gasteiger partial charge in [0.1, 0.15) is 6.61 Å². The van der Waals surface area contributed by atoms with E-state index < -0.39 is 4.92 Å². The smallest absolute Gasteiger partial charge is 0.312 e. The van der Waals surface area contributed by atoms with Crippen LogP contribution in [0.1, 0.15) is 5.56 Å². The van der Waals surface area contributed by atoms with E-state index in [-0.39, 0.29) is 11.4 Å². The second kappa shape index (κ2) is 6.33. The molecule has 0 aliphatic rings. The Morgan fingerprint density at radius 3 is 2.53 bits per heavy atom. The van der Waals surface area contributed by atoms with E-state index in [1.807, 2.05) is 24.3 Å². The molecule has 0 saturated carbocycles. The minimum absolute atomic E-state index is 0.0418. The third-order valence-corrected chi connectivity index (χ3v) is 3.78. The summed E-state index contributed by atoms with van der Waals surface area (Å²) < 4.78 is 7.27. The summed E-state index contributed by atoms with van der Waals surface area (Å²) in [7, 11) is 0. The topological polar surface area (TPSA) is 52.4 Å². The summed E-state index contributed by atoms with van der Waals surface area (Å²) in [6, 6.07) is 12.6. The Bertz CT molecular complexity index is 601. The summed E-state index contributed by atoms with van der Waals surface area (Å²) in [5.41, 5.74) is 0.922. The zero-order chi connectivity index (χ0) is 13.8. The lowest BCUT2D eigenvalue weighted by molar-refractivity contribution is -0.386. The highest BCUT2D eigenvalue weighted by Gasteiger charge is 2.17. The van der Waals surface area contributed by atoms with Gasteiger partial charge in [0, 0.05) is 9.64 Å². The summed E-state index contributed by atoms with van der Waals surface area (Å²) in [4.78, 5) is 10.5. The van der Waals surface area contributed by atoms with E-state index in [0.717, 1.165) is 9.13 Å². The molecule has 4 nitrogen and oxygen atoms in total. The summed E-state index contributed by atoms with van der Waals surface area (Å²) >= 11 is 5.49. The fourth-order valence-corrected chi connectivity index (χ4v) is 2.35. The van der Waals surface area contributed by atoms with Gasteiger partial charge in [-0.2, -0.15) is 0 Å². The number of hydrogen-bond donors (Lipinski definition) is 0. The first kappa shape index (κ1) is 14.3. The van der Waals surface area contributed by atoms with Gasteiger partial charge in [-0.15, -0.1) is 0 Å². The SMILES string of the molecule is O=[N+]([O-])c1cccc(Br)c1OCc1ccc(I)cc1. The maximum Gasteiger partial charge on any atom is 0.312 e. The molecule has 0 spiro atoms. The maximum absolute atomic E-state index is 10.9. The van der Waals surface area contributed by atoms with Crippen molar-refractivity contribution >= 4 is 44.2 Å². The second-order valence-electron chi connectivity index (χ2n) is 3.76. The molecule has 98 valence electrons.